The molecule has 0 spiro atoms. The lowest BCUT2D eigenvalue weighted by molar-refractivity contribution is -0.0276. The topological polar surface area (TPSA) is 70.8 Å². The summed E-state index contributed by atoms with van der Waals surface area (Å²) >= 11 is 0. The summed E-state index contributed by atoms with van der Waals surface area (Å²) in [7, 11) is 2.18. The first-order valence-corrected chi connectivity index (χ1v) is 14.0. The van der Waals surface area contributed by atoms with Gasteiger partial charge in [0.1, 0.15) is 11.9 Å². The maximum Gasteiger partial charge on any atom is 0.407 e. The van der Waals surface area contributed by atoms with Gasteiger partial charge in [-0.25, -0.2) is 9.78 Å². The van der Waals surface area contributed by atoms with Gasteiger partial charge in [-0.1, -0.05) is 48.5 Å². The number of imidazole rings is 1. The van der Waals surface area contributed by atoms with Crippen molar-refractivity contribution in [3.63, 3.8) is 0 Å². The zero-order valence-corrected chi connectivity index (χ0v) is 22.5. The van der Waals surface area contributed by atoms with E-state index in [9.17, 15) is 9.90 Å². The summed E-state index contributed by atoms with van der Waals surface area (Å²) in [5.41, 5.74) is 7.24. The van der Waals surface area contributed by atoms with Gasteiger partial charge in [0, 0.05) is 44.0 Å². The Hall–Kier alpha value is -3.16. The fourth-order valence-electron chi connectivity index (χ4n) is 6.47. The summed E-state index contributed by atoms with van der Waals surface area (Å²) in [5, 5.41) is 9.25. The van der Waals surface area contributed by atoms with Crippen LogP contribution in [0, 0.1) is 6.92 Å². The van der Waals surface area contributed by atoms with E-state index in [0.29, 0.717) is 19.0 Å². The van der Waals surface area contributed by atoms with Gasteiger partial charge in [0.25, 0.3) is 0 Å². The number of benzene rings is 2. The number of rotatable bonds is 4. The number of fused-ring (bicyclic) bond motifs is 2. The van der Waals surface area contributed by atoms with Crippen LogP contribution in [0.15, 0.2) is 48.5 Å². The number of nitrogens with zero attached hydrogens (tertiary/aromatic N) is 4. The van der Waals surface area contributed by atoms with Crippen LogP contribution in [0.2, 0.25) is 0 Å². The highest BCUT2D eigenvalue weighted by atomic mass is 16.5. The summed E-state index contributed by atoms with van der Waals surface area (Å²) in [4.78, 5) is 20.4. The van der Waals surface area contributed by atoms with Crippen LogP contribution in [0.5, 0.6) is 0 Å². The quantitative estimate of drug-likeness (QED) is 0.500. The Labute approximate surface area is 225 Å². The molecule has 1 atom stereocenters. The van der Waals surface area contributed by atoms with Crippen LogP contribution in [0.4, 0.5) is 4.79 Å². The Bertz CT molecular complexity index is 1280. The monoisotopic (exact) mass is 514 g/mol. The minimum Gasteiger partial charge on any atom is -0.465 e. The Morgan fingerprint density at radius 1 is 0.947 bits per heavy atom. The third-order valence-electron chi connectivity index (χ3n) is 8.84. The van der Waals surface area contributed by atoms with E-state index in [2.05, 4.69) is 72.0 Å². The lowest BCUT2D eigenvalue weighted by Crippen LogP contribution is -2.36. The fourth-order valence-corrected chi connectivity index (χ4v) is 6.47. The van der Waals surface area contributed by atoms with E-state index in [0.717, 1.165) is 68.8 Å². The Balaban J connectivity index is 1.28. The van der Waals surface area contributed by atoms with Gasteiger partial charge in [-0.05, 0) is 68.7 Å². The molecular formula is C31H38N4O3. The number of carboxylic acid groups (broad SMARTS) is 1. The molecule has 7 heteroatoms. The van der Waals surface area contributed by atoms with Gasteiger partial charge in [-0.3, -0.25) is 0 Å². The van der Waals surface area contributed by atoms with Crippen molar-refractivity contribution in [2.24, 2.45) is 0 Å². The third-order valence-corrected chi connectivity index (χ3v) is 8.84. The minimum absolute atomic E-state index is 0.159. The second-order valence-electron chi connectivity index (χ2n) is 11.2. The Morgan fingerprint density at radius 2 is 1.66 bits per heavy atom. The van der Waals surface area contributed by atoms with Crippen LogP contribution in [-0.4, -0.2) is 69.9 Å². The van der Waals surface area contributed by atoms with E-state index < -0.39 is 6.09 Å². The third kappa shape index (κ3) is 4.85. The number of carbonyl (C=O) groups is 1. The van der Waals surface area contributed by atoms with E-state index in [1.54, 1.807) is 0 Å². The Morgan fingerprint density at radius 3 is 2.37 bits per heavy atom. The SMILES string of the molecule is Cc1c(-c2ccc(C3CCN(C(=O)O)CC3)cc2)nc2n1CCc1ccccc1C2OC1CCN(C)CC1. The van der Waals surface area contributed by atoms with Crippen LogP contribution in [-0.2, 0) is 17.7 Å². The predicted molar refractivity (Wildman–Crippen MR) is 148 cm³/mol. The zero-order valence-electron chi connectivity index (χ0n) is 22.5. The molecule has 7 nitrogen and oxygen atoms in total. The molecule has 1 unspecified atom stereocenters. The molecule has 0 bridgehead atoms. The lowest BCUT2D eigenvalue weighted by atomic mass is 9.89. The highest BCUT2D eigenvalue weighted by molar-refractivity contribution is 5.65. The molecule has 3 aliphatic rings. The predicted octanol–water partition coefficient (Wildman–Crippen LogP) is 5.47. The molecule has 3 aliphatic heterocycles. The van der Waals surface area contributed by atoms with Gasteiger partial charge >= 0.3 is 6.09 Å². The van der Waals surface area contributed by atoms with Crippen molar-refractivity contribution in [3.05, 3.63) is 76.7 Å². The van der Waals surface area contributed by atoms with Gasteiger partial charge in [-0.15, -0.1) is 0 Å². The van der Waals surface area contributed by atoms with Gasteiger partial charge in [-0.2, -0.15) is 0 Å². The van der Waals surface area contributed by atoms with Crippen LogP contribution in [0.25, 0.3) is 11.3 Å². The zero-order chi connectivity index (χ0) is 26.2. The van der Waals surface area contributed by atoms with Crippen LogP contribution in [0.1, 0.15) is 65.9 Å². The molecule has 4 heterocycles. The van der Waals surface area contributed by atoms with E-state index >= 15 is 0 Å². The number of likely N-dealkylation sites (tertiary alicyclic amines) is 2. The van der Waals surface area contributed by atoms with Crippen LogP contribution in [0.3, 0.4) is 0 Å². The number of aryl methyl sites for hydroxylation is 1. The molecule has 1 N–H and O–H groups in total. The molecule has 2 aromatic carbocycles. The van der Waals surface area contributed by atoms with Crippen molar-refractivity contribution in [2.75, 3.05) is 33.2 Å². The number of hydrogen-bond donors (Lipinski definition) is 1. The lowest BCUT2D eigenvalue weighted by Gasteiger charge is -2.32. The molecular weight excluding hydrogens is 476 g/mol. The number of hydrogen-bond acceptors (Lipinski definition) is 4. The number of piperidine rings is 2. The molecule has 0 aliphatic carbocycles. The van der Waals surface area contributed by atoms with E-state index in [1.807, 2.05) is 0 Å². The summed E-state index contributed by atoms with van der Waals surface area (Å²) in [6.45, 7) is 6.44. The van der Waals surface area contributed by atoms with Gasteiger partial charge in [0.2, 0.25) is 0 Å². The molecule has 200 valence electrons. The van der Waals surface area contributed by atoms with Gasteiger partial charge in [0.05, 0.1) is 11.8 Å². The first-order valence-electron chi connectivity index (χ1n) is 14.0. The highest BCUT2D eigenvalue weighted by Crippen LogP contribution is 2.38. The maximum atomic E-state index is 11.3. The number of aromatic nitrogens is 2. The standard InChI is InChI=1S/C31H38N4O3/c1-21-28(25-9-7-22(8-10-25)23-11-18-34(19-12-23)31(36)37)32-30-29(38-26-14-16-33(2)17-15-26)27-6-4-3-5-24(27)13-20-35(21)30/h3-10,23,26,29H,11-20H2,1-2H3,(H,36,37). The summed E-state index contributed by atoms with van der Waals surface area (Å²) < 4.78 is 9.27. The molecule has 1 aromatic heterocycles. The molecule has 2 saturated heterocycles. The van der Waals surface area contributed by atoms with Gasteiger partial charge < -0.3 is 24.2 Å². The van der Waals surface area contributed by atoms with Crippen LogP contribution >= 0.6 is 0 Å². The Kier molecular flexibility index (Phi) is 6.97. The number of amides is 1. The summed E-state index contributed by atoms with van der Waals surface area (Å²) in [6.07, 6.45) is 4.09. The van der Waals surface area contributed by atoms with Crippen molar-refractivity contribution in [2.45, 2.75) is 63.7 Å². The smallest absolute Gasteiger partial charge is 0.407 e. The second-order valence-corrected chi connectivity index (χ2v) is 11.2. The average molecular weight is 515 g/mol. The first kappa shape index (κ1) is 25.1. The largest absolute Gasteiger partial charge is 0.465 e. The van der Waals surface area contributed by atoms with Crippen molar-refractivity contribution < 1.29 is 14.6 Å². The average Bonchev–Trinajstić information content (AvgIpc) is 3.18. The van der Waals surface area contributed by atoms with E-state index in [-0.39, 0.29) is 12.2 Å². The van der Waals surface area contributed by atoms with E-state index in [1.165, 1.54) is 27.3 Å². The molecule has 6 rings (SSSR count). The maximum absolute atomic E-state index is 11.3. The van der Waals surface area contributed by atoms with Gasteiger partial charge in [0.15, 0.2) is 0 Å². The second kappa shape index (κ2) is 10.5. The summed E-state index contributed by atoms with van der Waals surface area (Å²) in [5.74, 6) is 1.43. The highest BCUT2D eigenvalue weighted by Gasteiger charge is 2.32. The van der Waals surface area contributed by atoms with Crippen LogP contribution < -0.4 is 0 Å². The first-order chi connectivity index (χ1) is 18.5. The van der Waals surface area contributed by atoms with Crippen molar-refractivity contribution >= 4 is 6.09 Å². The molecule has 3 aromatic rings. The fraction of sp³-hybridized carbons (Fsp3) is 0.484. The molecule has 0 radical (unpaired) electrons. The molecule has 2 fully saturated rings. The normalized spacial score (nSPS) is 21.1. The molecule has 1 amide bonds. The van der Waals surface area contributed by atoms with Crippen molar-refractivity contribution in [1.82, 2.24) is 19.4 Å². The molecule has 0 saturated carbocycles. The number of ether oxygens (including phenoxy) is 1. The van der Waals surface area contributed by atoms with E-state index in [4.69, 9.17) is 9.72 Å². The molecule has 38 heavy (non-hydrogen) atoms. The minimum atomic E-state index is -0.811. The van der Waals surface area contributed by atoms with Crippen molar-refractivity contribution in [3.8, 4) is 11.3 Å². The summed E-state index contributed by atoms with van der Waals surface area (Å²) in [6, 6.07) is 17.5. The van der Waals surface area contributed by atoms with Crippen molar-refractivity contribution in [1.29, 1.82) is 0 Å².